The van der Waals surface area contributed by atoms with Crippen LogP contribution in [0.4, 0.5) is 11.5 Å². The van der Waals surface area contributed by atoms with Crippen molar-refractivity contribution in [1.82, 2.24) is 20.2 Å². The van der Waals surface area contributed by atoms with Gasteiger partial charge in [0.1, 0.15) is 5.82 Å². The number of aromatic amines is 1. The lowest BCUT2D eigenvalue weighted by atomic mass is 10.1. The minimum Gasteiger partial charge on any atom is -0.340 e. The molecule has 5 nitrogen and oxygen atoms in total. The molecule has 0 saturated heterocycles. The van der Waals surface area contributed by atoms with Gasteiger partial charge in [-0.15, -0.1) is 11.3 Å². The summed E-state index contributed by atoms with van der Waals surface area (Å²) in [5.74, 6) is 1.48. The fraction of sp³-hybridized carbons (Fsp3) is 0.0455. The van der Waals surface area contributed by atoms with Gasteiger partial charge in [0.25, 0.3) is 0 Å². The van der Waals surface area contributed by atoms with E-state index in [1.807, 2.05) is 30.6 Å². The molecule has 0 aliphatic rings. The van der Waals surface area contributed by atoms with Crippen LogP contribution in [0.5, 0.6) is 0 Å². The number of hydrogen-bond acceptors (Lipinski definition) is 5. The fourth-order valence-electron chi connectivity index (χ4n) is 3.17. The van der Waals surface area contributed by atoms with Gasteiger partial charge >= 0.3 is 0 Å². The number of fused-ring (bicyclic) bond motifs is 1. The number of thiophene rings is 1. The van der Waals surface area contributed by atoms with Gasteiger partial charge in [-0.2, -0.15) is 5.10 Å². The Hall–Kier alpha value is -3.51. The summed E-state index contributed by atoms with van der Waals surface area (Å²) in [5, 5.41) is 11.4. The summed E-state index contributed by atoms with van der Waals surface area (Å²) in [6, 6.07) is 18.6. The number of H-pyrrole nitrogens is 1. The summed E-state index contributed by atoms with van der Waals surface area (Å²) in [4.78, 5) is 10.5. The normalized spacial score (nSPS) is 11.0. The van der Waals surface area contributed by atoms with Crippen molar-refractivity contribution in [2.75, 3.05) is 5.32 Å². The first-order valence-electron chi connectivity index (χ1n) is 8.94. The number of aryl methyl sites for hydroxylation is 1. The van der Waals surface area contributed by atoms with Crippen molar-refractivity contribution >= 4 is 32.9 Å². The van der Waals surface area contributed by atoms with Crippen LogP contribution in [-0.4, -0.2) is 20.2 Å². The van der Waals surface area contributed by atoms with Gasteiger partial charge in [0.05, 0.1) is 6.20 Å². The maximum Gasteiger partial charge on any atom is 0.161 e. The molecule has 0 unspecified atom stereocenters. The highest BCUT2D eigenvalue weighted by molar-refractivity contribution is 7.19. The number of hydrogen-bond donors (Lipinski definition) is 2. The summed E-state index contributed by atoms with van der Waals surface area (Å²) in [6.45, 7) is 2.13. The molecular formula is C22H17N5S. The Bertz CT molecular complexity index is 1240. The first-order chi connectivity index (χ1) is 13.7. The van der Waals surface area contributed by atoms with Gasteiger partial charge in [-0.25, -0.2) is 9.97 Å². The van der Waals surface area contributed by atoms with E-state index in [1.54, 1.807) is 17.5 Å². The first-order valence-corrected chi connectivity index (χ1v) is 9.76. The molecule has 28 heavy (non-hydrogen) atoms. The zero-order chi connectivity index (χ0) is 18.9. The van der Waals surface area contributed by atoms with Crippen molar-refractivity contribution in [1.29, 1.82) is 0 Å². The Morgan fingerprint density at radius 1 is 0.929 bits per heavy atom. The third-order valence-corrected chi connectivity index (χ3v) is 5.56. The van der Waals surface area contributed by atoms with Crippen LogP contribution in [0.3, 0.4) is 0 Å². The van der Waals surface area contributed by atoms with Crippen LogP contribution in [0.1, 0.15) is 4.88 Å². The Morgan fingerprint density at radius 3 is 2.61 bits per heavy atom. The molecule has 0 aliphatic carbocycles. The lowest BCUT2D eigenvalue weighted by molar-refractivity contribution is 1.09. The number of anilines is 2. The first kappa shape index (κ1) is 16.6. The Balaban J connectivity index is 1.40. The van der Waals surface area contributed by atoms with Crippen LogP contribution in [-0.2, 0) is 0 Å². The highest BCUT2D eigenvalue weighted by atomic mass is 32.1. The standard InChI is InChI=1S/C22H17N5S/c1-14-10-16-2-3-17(11-20(16)28-14)22-23-9-8-21(27-22)26-19-6-4-15(5-7-19)18-12-24-25-13-18/h2-13H,1H3,(H,24,25)(H,23,26,27). The van der Waals surface area contributed by atoms with Crippen LogP contribution >= 0.6 is 11.3 Å². The molecule has 5 aromatic rings. The molecular weight excluding hydrogens is 366 g/mol. The number of benzene rings is 2. The molecule has 0 aliphatic heterocycles. The van der Waals surface area contributed by atoms with Crippen LogP contribution in [0.25, 0.3) is 32.6 Å². The number of rotatable bonds is 4. The molecule has 0 fully saturated rings. The molecule has 0 bridgehead atoms. The molecule has 136 valence electrons. The van der Waals surface area contributed by atoms with Gasteiger partial charge in [-0.3, -0.25) is 5.10 Å². The second-order valence-electron chi connectivity index (χ2n) is 6.56. The summed E-state index contributed by atoms with van der Waals surface area (Å²) in [6.07, 6.45) is 5.48. The summed E-state index contributed by atoms with van der Waals surface area (Å²) in [7, 11) is 0. The van der Waals surface area contributed by atoms with E-state index in [0.717, 1.165) is 28.2 Å². The monoisotopic (exact) mass is 383 g/mol. The van der Waals surface area contributed by atoms with Crippen LogP contribution in [0, 0.1) is 6.92 Å². The summed E-state index contributed by atoms with van der Waals surface area (Å²) < 4.78 is 1.26. The van der Waals surface area contributed by atoms with Crippen molar-refractivity contribution in [2.45, 2.75) is 6.92 Å². The SMILES string of the molecule is Cc1cc2ccc(-c3nccc(Nc4ccc(-c5cn[nH]c5)cc4)n3)cc2s1. The van der Waals surface area contributed by atoms with E-state index in [4.69, 9.17) is 4.98 Å². The maximum absolute atomic E-state index is 4.69. The van der Waals surface area contributed by atoms with E-state index >= 15 is 0 Å². The van der Waals surface area contributed by atoms with E-state index < -0.39 is 0 Å². The average Bonchev–Trinajstić information content (AvgIpc) is 3.37. The zero-order valence-corrected chi connectivity index (χ0v) is 16.0. The smallest absolute Gasteiger partial charge is 0.161 e. The minimum atomic E-state index is 0.716. The second-order valence-corrected chi connectivity index (χ2v) is 7.85. The Kier molecular flexibility index (Phi) is 4.10. The average molecular weight is 383 g/mol. The molecule has 2 N–H and O–H groups in total. The van der Waals surface area contributed by atoms with Crippen LogP contribution < -0.4 is 5.32 Å². The highest BCUT2D eigenvalue weighted by Crippen LogP contribution is 2.29. The molecule has 0 radical (unpaired) electrons. The van der Waals surface area contributed by atoms with Gasteiger partial charge in [0.2, 0.25) is 0 Å². The number of nitrogens with one attached hydrogen (secondary N) is 2. The van der Waals surface area contributed by atoms with E-state index in [2.05, 4.69) is 63.8 Å². The second kappa shape index (κ2) is 6.90. The van der Waals surface area contributed by atoms with E-state index in [9.17, 15) is 0 Å². The van der Waals surface area contributed by atoms with Gasteiger partial charge in [-0.05, 0) is 48.2 Å². The third kappa shape index (κ3) is 3.25. The van der Waals surface area contributed by atoms with Crippen molar-refractivity contribution < 1.29 is 0 Å². The van der Waals surface area contributed by atoms with Crippen molar-refractivity contribution in [3.8, 4) is 22.5 Å². The molecule has 0 spiro atoms. The van der Waals surface area contributed by atoms with Crippen LogP contribution in [0.15, 0.2) is 73.2 Å². The van der Waals surface area contributed by atoms with E-state index in [1.165, 1.54) is 15.0 Å². The van der Waals surface area contributed by atoms with E-state index in [-0.39, 0.29) is 0 Å². The van der Waals surface area contributed by atoms with Gasteiger partial charge in [0.15, 0.2) is 5.82 Å². The largest absolute Gasteiger partial charge is 0.340 e. The van der Waals surface area contributed by atoms with Crippen molar-refractivity contribution in [3.05, 3.63) is 78.1 Å². The molecule has 0 saturated carbocycles. The molecule has 3 aromatic heterocycles. The van der Waals surface area contributed by atoms with Crippen LogP contribution in [0.2, 0.25) is 0 Å². The molecule has 5 rings (SSSR count). The topological polar surface area (TPSA) is 66.5 Å². The minimum absolute atomic E-state index is 0.716. The predicted octanol–water partition coefficient (Wildman–Crippen LogP) is 5.80. The van der Waals surface area contributed by atoms with Crippen molar-refractivity contribution in [3.63, 3.8) is 0 Å². The van der Waals surface area contributed by atoms with E-state index in [0.29, 0.717) is 5.82 Å². The molecule has 0 amide bonds. The fourth-order valence-corrected chi connectivity index (χ4v) is 4.14. The van der Waals surface area contributed by atoms with Gasteiger partial charge in [-0.1, -0.05) is 24.3 Å². The number of aromatic nitrogens is 4. The molecule has 6 heteroatoms. The molecule has 2 aromatic carbocycles. The van der Waals surface area contributed by atoms with Gasteiger partial charge in [0, 0.05) is 38.8 Å². The summed E-state index contributed by atoms with van der Waals surface area (Å²) in [5.41, 5.74) is 4.17. The zero-order valence-electron chi connectivity index (χ0n) is 15.2. The molecule has 0 atom stereocenters. The third-order valence-electron chi connectivity index (χ3n) is 4.55. The summed E-state index contributed by atoms with van der Waals surface area (Å²) >= 11 is 1.79. The number of nitrogens with zero attached hydrogens (tertiary/aromatic N) is 3. The lowest BCUT2D eigenvalue weighted by Gasteiger charge is -2.08. The Morgan fingerprint density at radius 2 is 1.79 bits per heavy atom. The Labute approximate surface area is 166 Å². The van der Waals surface area contributed by atoms with Crippen molar-refractivity contribution in [2.24, 2.45) is 0 Å². The quantitative estimate of drug-likeness (QED) is 0.411. The predicted molar refractivity (Wildman–Crippen MR) is 115 cm³/mol. The van der Waals surface area contributed by atoms with Gasteiger partial charge < -0.3 is 5.32 Å². The highest BCUT2D eigenvalue weighted by Gasteiger charge is 2.07. The molecule has 3 heterocycles. The maximum atomic E-state index is 4.69. The lowest BCUT2D eigenvalue weighted by Crippen LogP contribution is -1.96.